The summed E-state index contributed by atoms with van der Waals surface area (Å²) in [5, 5.41) is 0. The molecule has 0 saturated heterocycles. The third-order valence-electron chi connectivity index (χ3n) is 6.92. The molecule has 2 aromatic carbocycles. The monoisotopic (exact) mass is 520 g/mol. The average Bonchev–Trinajstić information content (AvgIpc) is 3.08. The summed E-state index contributed by atoms with van der Waals surface area (Å²) in [4.78, 5) is 0. The molecule has 1 unspecified atom stereocenters. The summed E-state index contributed by atoms with van der Waals surface area (Å²) in [6, 6.07) is 20.1. The van der Waals surface area contributed by atoms with Crippen molar-refractivity contribution in [1.29, 1.82) is 0 Å². The van der Waals surface area contributed by atoms with Crippen molar-refractivity contribution >= 4 is 6.08 Å². The van der Waals surface area contributed by atoms with Gasteiger partial charge in [-0.2, -0.15) is 0 Å². The van der Waals surface area contributed by atoms with Crippen LogP contribution >= 0.6 is 0 Å². The zero-order valence-electron chi connectivity index (χ0n) is 17.1. The van der Waals surface area contributed by atoms with Crippen molar-refractivity contribution in [3.63, 3.8) is 0 Å². The minimum atomic E-state index is -1.11. The quantitative estimate of drug-likeness (QED) is 0.372. The molecule has 0 aromatic heterocycles. The Morgan fingerprint density at radius 2 is 1.41 bits per heavy atom. The number of allylic oxidation sites excluding steroid dienone is 5. The molecule has 0 nitrogen and oxygen atoms in total. The summed E-state index contributed by atoms with van der Waals surface area (Å²) in [5.74, 6) is 0.575. The molecule has 27 heavy (non-hydrogen) atoms. The molecule has 1 atom stereocenters. The van der Waals surface area contributed by atoms with E-state index in [4.69, 9.17) is 0 Å². The SMILES string of the molecule is CC1=C(C)[C](C)([Hf][C]2=Cc3ccccc3C2Cc2ccccc2)C(C)=C1C. The van der Waals surface area contributed by atoms with Crippen molar-refractivity contribution in [2.24, 2.45) is 0 Å². The number of rotatable bonds is 4. The Hall–Kier alpha value is -1.47. The Kier molecular flexibility index (Phi) is 5.01. The van der Waals surface area contributed by atoms with Crippen LogP contribution in [0.1, 0.15) is 57.2 Å². The molecule has 0 fully saturated rings. The maximum absolute atomic E-state index is 2.56. The van der Waals surface area contributed by atoms with Crippen molar-refractivity contribution in [2.75, 3.05) is 0 Å². The predicted molar refractivity (Wildman–Crippen MR) is 112 cm³/mol. The molecule has 136 valence electrons. The number of hydrogen-bond donors (Lipinski definition) is 0. The zero-order valence-corrected chi connectivity index (χ0v) is 20.7. The third-order valence-corrected chi connectivity index (χ3v) is 14.2. The van der Waals surface area contributed by atoms with Gasteiger partial charge in [0.05, 0.1) is 0 Å². The van der Waals surface area contributed by atoms with Gasteiger partial charge in [-0.05, 0) is 0 Å². The Labute approximate surface area is 175 Å². The molecule has 2 aromatic rings. The summed E-state index contributed by atoms with van der Waals surface area (Å²) in [6.45, 7) is 11.9. The van der Waals surface area contributed by atoms with E-state index in [1.54, 1.807) is 31.2 Å². The Morgan fingerprint density at radius 3 is 2.07 bits per heavy atom. The van der Waals surface area contributed by atoms with E-state index in [0.717, 1.165) is 6.42 Å². The second-order valence-corrected chi connectivity index (χ2v) is 14.8. The molecule has 0 N–H and O–H groups in total. The molecular formula is C26H28Hf. The zero-order chi connectivity index (χ0) is 19.2. The molecule has 4 rings (SSSR count). The van der Waals surface area contributed by atoms with Crippen molar-refractivity contribution in [3.05, 3.63) is 96.9 Å². The van der Waals surface area contributed by atoms with Crippen LogP contribution in [-0.4, -0.2) is 0 Å². The van der Waals surface area contributed by atoms with Crippen molar-refractivity contribution in [2.45, 2.75) is 50.1 Å². The first-order chi connectivity index (χ1) is 12.9. The third kappa shape index (κ3) is 3.18. The van der Waals surface area contributed by atoms with Crippen LogP contribution in [0.15, 0.2) is 80.2 Å². The molecule has 2 aliphatic rings. The van der Waals surface area contributed by atoms with Crippen LogP contribution < -0.4 is 0 Å². The van der Waals surface area contributed by atoms with Crippen LogP contribution in [0.25, 0.3) is 6.08 Å². The van der Waals surface area contributed by atoms with Crippen LogP contribution in [0.3, 0.4) is 0 Å². The molecule has 0 spiro atoms. The van der Waals surface area contributed by atoms with E-state index in [-0.39, 0.29) is 0 Å². The van der Waals surface area contributed by atoms with E-state index in [2.05, 4.69) is 95.3 Å². The summed E-state index contributed by atoms with van der Waals surface area (Å²) in [7, 11) is 0. The van der Waals surface area contributed by atoms with Gasteiger partial charge in [0, 0.05) is 0 Å². The summed E-state index contributed by atoms with van der Waals surface area (Å²) < 4.78 is 2.13. The van der Waals surface area contributed by atoms with Crippen LogP contribution in [0, 0.1) is 0 Å². The fourth-order valence-corrected chi connectivity index (χ4v) is 11.8. The molecule has 2 aliphatic carbocycles. The summed E-state index contributed by atoms with van der Waals surface area (Å²) in [6.07, 6.45) is 3.69. The number of hydrogen-bond acceptors (Lipinski definition) is 0. The standard InChI is InChI=1S/C16H13.C10H15.Hf/c1-2-6-13(7-3-1)12-15-11-10-14-8-4-5-9-16(14)15;1-6-7(2)9(4)10(5)8(6)3;/h1-10,15H,12H2;1-5H3;. The van der Waals surface area contributed by atoms with Gasteiger partial charge >= 0.3 is 176 Å². The van der Waals surface area contributed by atoms with E-state index in [0.29, 0.717) is 9.09 Å². The Bertz CT molecular complexity index is 948. The molecule has 1 heteroatoms. The molecule has 0 amide bonds. The molecule has 0 saturated carbocycles. The molecule has 0 aliphatic heterocycles. The normalized spacial score (nSPS) is 20.8. The van der Waals surface area contributed by atoms with Gasteiger partial charge in [-0.25, -0.2) is 0 Å². The summed E-state index contributed by atoms with van der Waals surface area (Å²) in [5.41, 5.74) is 10.8. The van der Waals surface area contributed by atoms with Crippen LogP contribution in [0.5, 0.6) is 0 Å². The molecule has 0 radical (unpaired) electrons. The van der Waals surface area contributed by atoms with E-state index in [9.17, 15) is 0 Å². The van der Waals surface area contributed by atoms with E-state index in [1.165, 1.54) is 11.1 Å². The second-order valence-electron chi connectivity index (χ2n) is 8.22. The number of fused-ring (bicyclic) bond motifs is 1. The van der Waals surface area contributed by atoms with E-state index >= 15 is 0 Å². The molecule has 0 heterocycles. The fourth-order valence-electron chi connectivity index (χ4n) is 4.66. The molecular weight excluding hydrogens is 491 g/mol. The van der Waals surface area contributed by atoms with E-state index < -0.39 is 22.9 Å². The Morgan fingerprint density at radius 1 is 0.815 bits per heavy atom. The van der Waals surface area contributed by atoms with Gasteiger partial charge in [-0.3, -0.25) is 0 Å². The first-order valence-electron chi connectivity index (χ1n) is 9.90. The summed E-state index contributed by atoms with van der Waals surface area (Å²) >= 11 is -1.11. The first kappa shape index (κ1) is 18.9. The van der Waals surface area contributed by atoms with Crippen molar-refractivity contribution in [1.82, 2.24) is 0 Å². The van der Waals surface area contributed by atoms with Gasteiger partial charge in [0.15, 0.2) is 0 Å². The van der Waals surface area contributed by atoms with Gasteiger partial charge in [-0.15, -0.1) is 0 Å². The van der Waals surface area contributed by atoms with Crippen LogP contribution in [0.4, 0.5) is 0 Å². The van der Waals surface area contributed by atoms with Crippen molar-refractivity contribution < 1.29 is 22.9 Å². The maximum atomic E-state index is 2.56. The van der Waals surface area contributed by atoms with Gasteiger partial charge in [0.2, 0.25) is 0 Å². The van der Waals surface area contributed by atoms with Crippen LogP contribution in [0.2, 0.25) is 3.17 Å². The van der Waals surface area contributed by atoms with E-state index in [1.807, 2.05) is 0 Å². The van der Waals surface area contributed by atoms with Gasteiger partial charge in [0.25, 0.3) is 0 Å². The van der Waals surface area contributed by atoms with Gasteiger partial charge in [-0.1, -0.05) is 0 Å². The Balaban J connectivity index is 1.71. The average molecular weight is 519 g/mol. The van der Waals surface area contributed by atoms with Crippen LogP contribution in [-0.2, 0) is 29.3 Å². The molecule has 0 bridgehead atoms. The number of benzene rings is 2. The first-order valence-corrected chi connectivity index (χ1v) is 13.5. The topological polar surface area (TPSA) is 0 Å². The second kappa shape index (κ2) is 7.17. The van der Waals surface area contributed by atoms with Gasteiger partial charge < -0.3 is 0 Å². The van der Waals surface area contributed by atoms with Gasteiger partial charge in [0.1, 0.15) is 0 Å². The predicted octanol–water partition coefficient (Wildman–Crippen LogP) is 7.31. The van der Waals surface area contributed by atoms with Crippen molar-refractivity contribution in [3.8, 4) is 0 Å². The fraction of sp³-hybridized carbons (Fsp3) is 0.308. The minimum absolute atomic E-state index is 0.344.